The first-order valence-corrected chi connectivity index (χ1v) is 9.82. The number of aromatic nitrogens is 2. The Morgan fingerprint density at radius 3 is 2.48 bits per heavy atom. The molecule has 4 atom stereocenters. The van der Waals surface area contributed by atoms with Gasteiger partial charge in [-0.1, -0.05) is 11.3 Å². The number of hydrogen-bond acceptors (Lipinski definition) is 9. The Balaban J connectivity index is 0.000000755. The maximum Gasteiger partial charge on any atom is 0.309 e. The van der Waals surface area contributed by atoms with Crippen LogP contribution in [-0.2, 0) is 35.3 Å². The quantitative estimate of drug-likeness (QED) is 0.493. The number of methoxy groups -OCH3 is 2. The third-order valence-corrected chi connectivity index (χ3v) is 6.33. The molecule has 1 aliphatic carbocycles. The van der Waals surface area contributed by atoms with Crippen molar-refractivity contribution in [1.82, 2.24) is 15.1 Å². The smallest absolute Gasteiger partial charge is 0.309 e. The summed E-state index contributed by atoms with van der Waals surface area (Å²) in [6, 6.07) is 0. The van der Waals surface area contributed by atoms with Gasteiger partial charge in [0.2, 0.25) is 16.9 Å². The lowest BCUT2D eigenvalue weighted by atomic mass is 10.1. The van der Waals surface area contributed by atoms with Crippen molar-refractivity contribution in [3.8, 4) is 0 Å². The Morgan fingerprint density at radius 1 is 1.24 bits per heavy atom. The molecule has 0 radical (unpaired) electrons. The van der Waals surface area contributed by atoms with Gasteiger partial charge in [-0.05, 0) is 11.8 Å². The highest BCUT2D eigenvalue weighted by atomic mass is 32.1. The highest BCUT2D eigenvalue weighted by Gasteiger charge is 2.61. The first kappa shape index (κ1) is 21.1. The number of piperidine rings is 1. The first-order chi connectivity index (χ1) is 13.9. The van der Waals surface area contributed by atoms with Crippen LogP contribution in [-0.4, -0.2) is 78.3 Å². The maximum atomic E-state index is 12.8. The minimum Gasteiger partial charge on any atom is -0.483 e. The second-order valence-electron chi connectivity index (χ2n) is 7.04. The molecule has 3 fully saturated rings. The van der Waals surface area contributed by atoms with Crippen LogP contribution in [0.3, 0.4) is 0 Å². The number of likely N-dealkylation sites (tertiary alicyclic amines) is 1. The second kappa shape index (κ2) is 8.82. The average molecular weight is 426 g/mol. The number of nitrogens with zero attached hydrogens (tertiary/aromatic N) is 4. The van der Waals surface area contributed by atoms with Crippen LogP contribution in [0.5, 0.6) is 0 Å². The summed E-state index contributed by atoms with van der Waals surface area (Å²) in [7, 11) is 2.96. The van der Waals surface area contributed by atoms with Crippen LogP contribution >= 0.6 is 11.3 Å². The van der Waals surface area contributed by atoms with E-state index in [4.69, 9.17) is 19.4 Å². The molecule has 2 saturated heterocycles. The molecule has 29 heavy (non-hydrogen) atoms. The number of fused-ring (bicyclic) bond motifs is 1. The summed E-state index contributed by atoms with van der Waals surface area (Å²) in [4.78, 5) is 48.4. The van der Waals surface area contributed by atoms with Crippen molar-refractivity contribution in [1.29, 1.82) is 0 Å². The average Bonchev–Trinajstić information content (AvgIpc) is 3.12. The van der Waals surface area contributed by atoms with Gasteiger partial charge >= 0.3 is 5.97 Å². The zero-order valence-electron chi connectivity index (χ0n) is 16.0. The molecule has 12 heteroatoms. The SMILES string of the molecule is COCc1nnc(N2CC(C(=O)N3C[C@@H]4C(C(=O)OC)[C@@H]4C3)CC2=O)s1.O=CO. The van der Waals surface area contributed by atoms with Crippen LogP contribution in [0, 0.1) is 23.7 Å². The van der Waals surface area contributed by atoms with Gasteiger partial charge in [0, 0.05) is 33.2 Å². The molecule has 0 spiro atoms. The summed E-state index contributed by atoms with van der Waals surface area (Å²) in [6.45, 7) is 1.57. The van der Waals surface area contributed by atoms with Gasteiger partial charge in [-0.3, -0.25) is 24.1 Å². The van der Waals surface area contributed by atoms with Crippen molar-refractivity contribution in [2.24, 2.45) is 23.7 Å². The molecule has 1 saturated carbocycles. The van der Waals surface area contributed by atoms with E-state index in [1.807, 2.05) is 0 Å². The molecule has 158 valence electrons. The zero-order valence-corrected chi connectivity index (χ0v) is 16.8. The molecule has 1 aromatic heterocycles. The molecule has 2 unspecified atom stereocenters. The number of carbonyl (C=O) groups excluding carboxylic acids is 3. The Morgan fingerprint density at radius 2 is 1.90 bits per heavy atom. The van der Waals surface area contributed by atoms with E-state index in [9.17, 15) is 14.4 Å². The standard InChI is InChI=1S/C16H20N4O5S.CH2O2/c1-24-7-11-17-18-16(26-11)20-4-8(3-12(20)21)14(22)19-5-9-10(6-19)13(9)15(23)25-2;2-1-3/h8-10,13H,3-7H2,1-2H3;1H,(H,2,3)/t8?,9-,10+,13?;. The molecule has 11 nitrogen and oxygen atoms in total. The molecular formula is C17H22N4O7S. The van der Waals surface area contributed by atoms with Crippen LogP contribution in [0.2, 0.25) is 0 Å². The molecule has 1 N–H and O–H groups in total. The van der Waals surface area contributed by atoms with Crippen molar-refractivity contribution in [3.05, 3.63) is 5.01 Å². The Labute approximate surface area is 170 Å². The predicted octanol–water partition coefficient (Wildman–Crippen LogP) is -0.384. The summed E-state index contributed by atoms with van der Waals surface area (Å²) in [5.41, 5.74) is 0. The lowest BCUT2D eigenvalue weighted by Gasteiger charge is -2.22. The summed E-state index contributed by atoms with van der Waals surface area (Å²) in [5.74, 6) is -0.326. The van der Waals surface area contributed by atoms with Gasteiger partial charge in [0.05, 0.1) is 18.9 Å². The molecular weight excluding hydrogens is 404 g/mol. The first-order valence-electron chi connectivity index (χ1n) is 9.01. The van der Waals surface area contributed by atoms with Gasteiger partial charge in [-0.15, -0.1) is 10.2 Å². The van der Waals surface area contributed by atoms with E-state index < -0.39 is 0 Å². The molecule has 1 aromatic rings. The van der Waals surface area contributed by atoms with E-state index in [0.717, 1.165) is 0 Å². The zero-order chi connectivity index (χ0) is 21.1. The molecule has 0 bridgehead atoms. The number of esters is 1. The van der Waals surface area contributed by atoms with Crippen LogP contribution < -0.4 is 4.90 Å². The fourth-order valence-electron chi connectivity index (χ4n) is 4.04. The van der Waals surface area contributed by atoms with Gasteiger partial charge in [0.25, 0.3) is 6.47 Å². The van der Waals surface area contributed by atoms with E-state index in [-0.39, 0.29) is 54.3 Å². The molecule has 3 heterocycles. The number of amides is 2. The van der Waals surface area contributed by atoms with Crippen molar-refractivity contribution >= 4 is 40.7 Å². The Hall–Kier alpha value is -2.60. The van der Waals surface area contributed by atoms with E-state index in [1.54, 1.807) is 12.0 Å². The molecule has 2 amide bonds. The summed E-state index contributed by atoms with van der Waals surface area (Å²) < 4.78 is 9.80. The summed E-state index contributed by atoms with van der Waals surface area (Å²) in [6.07, 6.45) is 0.185. The second-order valence-corrected chi connectivity index (χ2v) is 8.08. The van der Waals surface area contributed by atoms with Crippen LogP contribution in [0.4, 0.5) is 5.13 Å². The fraction of sp³-hybridized carbons (Fsp3) is 0.647. The lowest BCUT2D eigenvalue weighted by molar-refractivity contribution is -0.144. The van der Waals surface area contributed by atoms with Crippen molar-refractivity contribution in [2.45, 2.75) is 13.0 Å². The predicted molar refractivity (Wildman–Crippen MR) is 98.8 cm³/mol. The van der Waals surface area contributed by atoms with Gasteiger partial charge in [0.1, 0.15) is 11.6 Å². The largest absolute Gasteiger partial charge is 0.483 e. The van der Waals surface area contributed by atoms with Crippen molar-refractivity contribution in [2.75, 3.05) is 38.8 Å². The van der Waals surface area contributed by atoms with Crippen LogP contribution in [0.1, 0.15) is 11.4 Å². The van der Waals surface area contributed by atoms with E-state index in [0.29, 0.717) is 36.4 Å². The Kier molecular flexibility index (Phi) is 6.42. The van der Waals surface area contributed by atoms with Gasteiger partial charge in [-0.2, -0.15) is 0 Å². The topological polar surface area (TPSA) is 139 Å². The number of carbonyl (C=O) groups is 4. The number of carboxylic acid groups (broad SMARTS) is 1. The van der Waals surface area contributed by atoms with Crippen molar-refractivity contribution in [3.63, 3.8) is 0 Å². The third-order valence-electron chi connectivity index (χ3n) is 5.41. The summed E-state index contributed by atoms with van der Waals surface area (Å²) in [5, 5.41) is 16.1. The molecule has 3 aliphatic rings. The van der Waals surface area contributed by atoms with E-state index in [1.165, 1.54) is 23.3 Å². The Bertz CT molecular complexity index is 788. The molecule has 2 aliphatic heterocycles. The molecule has 0 aromatic carbocycles. The van der Waals surface area contributed by atoms with Gasteiger partial charge < -0.3 is 19.5 Å². The lowest BCUT2D eigenvalue weighted by Crippen LogP contribution is -2.38. The minimum atomic E-state index is -0.369. The molecule has 4 rings (SSSR count). The highest BCUT2D eigenvalue weighted by Crippen LogP contribution is 2.52. The number of hydrogen-bond donors (Lipinski definition) is 1. The van der Waals surface area contributed by atoms with Crippen LogP contribution in [0.15, 0.2) is 0 Å². The normalized spacial score (nSPS) is 27.2. The number of anilines is 1. The van der Waals surface area contributed by atoms with Gasteiger partial charge in [0.15, 0.2) is 0 Å². The van der Waals surface area contributed by atoms with E-state index >= 15 is 0 Å². The highest BCUT2D eigenvalue weighted by molar-refractivity contribution is 7.15. The monoisotopic (exact) mass is 426 g/mol. The van der Waals surface area contributed by atoms with Crippen molar-refractivity contribution < 1.29 is 33.8 Å². The number of ether oxygens (including phenoxy) is 2. The minimum absolute atomic E-state index is 0.0155. The summed E-state index contributed by atoms with van der Waals surface area (Å²) >= 11 is 1.30. The number of rotatable bonds is 5. The fourth-order valence-corrected chi connectivity index (χ4v) is 4.88. The van der Waals surface area contributed by atoms with Gasteiger partial charge in [-0.25, -0.2) is 0 Å². The van der Waals surface area contributed by atoms with Crippen LogP contribution in [0.25, 0.3) is 0 Å². The maximum absolute atomic E-state index is 12.8. The van der Waals surface area contributed by atoms with E-state index in [2.05, 4.69) is 10.2 Å². The third kappa shape index (κ3) is 4.22.